The molecule has 4 saturated heterocycles. The second kappa shape index (κ2) is 35.5. The van der Waals surface area contributed by atoms with E-state index in [-0.39, 0.29) is 61.4 Å². The molecule has 0 unspecified atom stereocenters. The second-order valence-electron chi connectivity index (χ2n) is 29.3. The van der Waals surface area contributed by atoms with Gasteiger partial charge in [0.25, 0.3) is 22.2 Å². The van der Waals surface area contributed by atoms with Gasteiger partial charge in [-0.15, -0.1) is 0 Å². The zero-order valence-corrected chi connectivity index (χ0v) is 67.5. The highest BCUT2D eigenvalue weighted by Crippen LogP contribution is 2.42. The molecule has 4 aromatic carbocycles. The Labute approximate surface area is 653 Å². The van der Waals surface area contributed by atoms with Crippen molar-refractivity contribution in [2.75, 3.05) is 127 Å². The lowest BCUT2D eigenvalue weighted by Crippen LogP contribution is -2.44. The number of aromatic nitrogens is 8. The van der Waals surface area contributed by atoms with Crippen LogP contribution >= 0.6 is 70.2 Å². The molecule has 8 aromatic rings. The smallest absolute Gasteiger partial charge is 0.270 e. The zero-order chi connectivity index (χ0) is 78.0. The van der Waals surface area contributed by atoms with Crippen LogP contribution in [0.15, 0.2) is 143 Å². The summed E-state index contributed by atoms with van der Waals surface area (Å²) in [6, 6.07) is 26.1. The Morgan fingerprint density at radius 2 is 0.710 bits per heavy atom. The van der Waals surface area contributed by atoms with Gasteiger partial charge in [0.1, 0.15) is 42.9 Å². The Bertz CT molecular complexity index is 4650. The summed E-state index contributed by atoms with van der Waals surface area (Å²) in [4.78, 5) is 86.6. The number of benzene rings is 4. The SMILES string of the molecule is Cc1cccc(Sc2c(N)nc(N3CCC(C)(CN)CC3)n(C)c2=O)c1.Cc1cccc(Sc2c(N)nc(N3CCC(C)(CN)CC3)n(C)c2=O)c1Cl.Cn1c(N2CCC(C)(CN)CC2)nc(N)c(Sc2cccc(N)c2Cl)c1=O.[C-]#[N+]c1cccc(Sc2c(N)nc(N3CCC(C)(CN)CC3)n(C)c2=O)c1. The minimum Gasteiger partial charge on any atom is -0.397 e. The van der Waals surface area contributed by atoms with Gasteiger partial charge in [-0.05, 0) is 155 Å². The third-order valence-electron chi connectivity index (χ3n) is 20.9. The molecule has 107 heavy (non-hydrogen) atoms. The molecular formula is C75H102Cl2N22O4S4. The lowest BCUT2D eigenvalue weighted by molar-refractivity contribution is 0.256. The number of hydrogen-bond donors (Lipinski definition) is 9. The number of rotatable bonds is 16. The predicted molar refractivity (Wildman–Crippen MR) is 442 cm³/mol. The Balaban J connectivity index is 0.000000165. The van der Waals surface area contributed by atoms with Crippen molar-refractivity contribution in [3.05, 3.63) is 159 Å². The van der Waals surface area contributed by atoms with Crippen LogP contribution in [0.2, 0.25) is 10.0 Å². The van der Waals surface area contributed by atoms with E-state index in [9.17, 15) is 19.2 Å². The van der Waals surface area contributed by atoms with E-state index in [1.165, 1.54) is 47.0 Å². The number of hydrogen-bond acceptors (Lipinski definition) is 25. The highest BCUT2D eigenvalue weighted by molar-refractivity contribution is 8.00. The van der Waals surface area contributed by atoms with E-state index in [0.29, 0.717) is 102 Å². The molecule has 0 amide bonds. The van der Waals surface area contributed by atoms with Crippen molar-refractivity contribution in [2.24, 2.45) is 72.8 Å². The molecule has 0 atom stereocenters. The highest BCUT2D eigenvalue weighted by atomic mass is 35.5. The van der Waals surface area contributed by atoms with E-state index in [2.05, 4.69) is 72.1 Å². The van der Waals surface area contributed by atoms with Crippen molar-refractivity contribution in [1.29, 1.82) is 0 Å². The Hall–Kier alpha value is -8.09. The van der Waals surface area contributed by atoms with Crippen LogP contribution in [0, 0.1) is 42.1 Å². The standard InChI is InChI=1S/C19H26ClN5OS.C19H24N6OS.C19H27N5OS.C18H25ClN6OS/c1-12-5-4-6-13(14(12)20)27-15-16(22)23-18(24(3)17(15)26)25-9-7-19(2,11-21)8-10-25;1-19(12-20)7-9-25(10-8-19)18-23-16(21)15(17(26)24(18)3)27-14-6-4-5-13(11-14)22-2;1-13-5-4-6-14(11-13)26-15-16(21)22-18(23(3)17(15)25)24-9-7-19(2,12-20)8-10-24;1-18(10-20)6-8-25(9-7-18)17-23-15(22)14(16(26)24(17)2)27-12-5-3-4-11(21)13(12)19/h4-6H,7-11,21-22H2,1-3H3;4-6,11H,7-10,12,20-21H2,1,3H3;4-6,11H,7-10,12,20-21H2,1-3H3;3-5H,6-10,20-22H2,1-2H3. The number of nitrogen functional groups attached to an aromatic ring is 5. The first-order valence-electron chi connectivity index (χ1n) is 35.5. The molecule has 4 fully saturated rings. The quantitative estimate of drug-likeness (QED) is 0.0320. The van der Waals surface area contributed by atoms with Crippen LogP contribution in [0.1, 0.15) is 90.2 Å². The van der Waals surface area contributed by atoms with Crippen molar-refractivity contribution in [2.45, 2.75) is 132 Å². The summed E-state index contributed by atoms with van der Waals surface area (Å²) in [6.07, 6.45) is 7.73. The fourth-order valence-electron chi connectivity index (χ4n) is 12.7. The number of nitrogens with two attached hydrogens (primary N) is 9. The van der Waals surface area contributed by atoms with Crippen molar-refractivity contribution >= 4 is 129 Å². The van der Waals surface area contributed by atoms with Crippen molar-refractivity contribution in [3.63, 3.8) is 0 Å². The molecule has 12 rings (SSSR count). The van der Waals surface area contributed by atoms with E-state index in [1.807, 2.05) is 62.4 Å². The van der Waals surface area contributed by atoms with Gasteiger partial charge in [-0.25, -0.2) is 4.85 Å². The fourth-order valence-corrected chi connectivity index (χ4v) is 17.1. The molecular weight excluding hydrogens is 1470 g/mol. The van der Waals surface area contributed by atoms with Crippen LogP contribution in [0.4, 0.5) is 58.4 Å². The maximum absolute atomic E-state index is 13.0. The van der Waals surface area contributed by atoms with Crippen LogP contribution in [-0.4, -0.2) is 117 Å². The molecule has 4 aromatic heterocycles. The summed E-state index contributed by atoms with van der Waals surface area (Å²) in [5.41, 5.74) is 57.1. The number of anilines is 9. The molecule has 0 spiro atoms. The van der Waals surface area contributed by atoms with Crippen LogP contribution < -0.4 is 93.4 Å². The van der Waals surface area contributed by atoms with Gasteiger partial charge >= 0.3 is 0 Å². The third-order valence-corrected chi connectivity index (χ3v) is 26.5. The van der Waals surface area contributed by atoms with Gasteiger partial charge < -0.3 is 71.2 Å². The van der Waals surface area contributed by atoms with Gasteiger partial charge in [-0.1, -0.05) is 152 Å². The number of aryl methyl sites for hydroxylation is 2. The van der Waals surface area contributed by atoms with Crippen LogP contribution in [0.5, 0.6) is 0 Å². The topological polar surface area (TPSA) is 391 Å². The second-order valence-corrected chi connectivity index (χ2v) is 34.4. The summed E-state index contributed by atoms with van der Waals surface area (Å²) in [6.45, 7) is 29.0. The van der Waals surface area contributed by atoms with Gasteiger partial charge in [0.2, 0.25) is 23.8 Å². The molecule has 0 saturated carbocycles. The van der Waals surface area contributed by atoms with Gasteiger partial charge in [-0.3, -0.25) is 37.4 Å². The van der Waals surface area contributed by atoms with E-state index in [4.69, 9.17) is 81.4 Å². The van der Waals surface area contributed by atoms with E-state index < -0.39 is 0 Å². The molecule has 8 heterocycles. The average Bonchev–Trinajstić information content (AvgIpc) is 0.800. The minimum atomic E-state index is -0.201. The molecule has 574 valence electrons. The molecule has 0 aliphatic carbocycles. The normalized spacial score (nSPS) is 16.5. The minimum absolute atomic E-state index is 0.105. The summed E-state index contributed by atoms with van der Waals surface area (Å²) in [5, 5.41) is 1.04. The van der Waals surface area contributed by atoms with E-state index >= 15 is 0 Å². The number of nitrogens with zero attached hydrogens (tertiary/aromatic N) is 13. The van der Waals surface area contributed by atoms with Crippen LogP contribution in [0.3, 0.4) is 0 Å². The van der Waals surface area contributed by atoms with E-state index in [0.717, 1.165) is 130 Å². The number of piperidine rings is 4. The molecule has 0 radical (unpaired) electrons. The summed E-state index contributed by atoms with van der Waals surface area (Å²) < 4.78 is 6.29. The molecule has 32 heteroatoms. The van der Waals surface area contributed by atoms with Gasteiger partial charge in [-0.2, -0.15) is 19.9 Å². The number of halogens is 2. The fraction of sp³-hybridized carbons (Fsp3) is 0.453. The first-order chi connectivity index (χ1) is 50.7. The third kappa shape index (κ3) is 19.7. The van der Waals surface area contributed by atoms with E-state index in [1.54, 1.807) is 82.9 Å². The lowest BCUT2D eigenvalue weighted by atomic mass is 9.81. The van der Waals surface area contributed by atoms with Crippen molar-refractivity contribution < 1.29 is 0 Å². The van der Waals surface area contributed by atoms with Gasteiger partial charge in [0, 0.05) is 100 Å². The van der Waals surface area contributed by atoms with Crippen molar-refractivity contribution in [1.82, 2.24) is 38.2 Å². The first-order valence-corrected chi connectivity index (χ1v) is 39.5. The molecule has 0 bridgehead atoms. The molecule has 18 N–H and O–H groups in total. The van der Waals surface area contributed by atoms with Crippen LogP contribution in [0.25, 0.3) is 4.85 Å². The van der Waals surface area contributed by atoms with Crippen molar-refractivity contribution in [3.8, 4) is 0 Å². The largest absolute Gasteiger partial charge is 0.397 e. The van der Waals surface area contributed by atoms with Gasteiger partial charge in [0.05, 0.1) is 22.3 Å². The monoisotopic (exact) mass is 1570 g/mol. The van der Waals surface area contributed by atoms with Crippen LogP contribution in [-0.2, 0) is 28.2 Å². The Morgan fingerprint density at radius 1 is 0.421 bits per heavy atom. The zero-order valence-electron chi connectivity index (χ0n) is 62.8. The molecule has 4 aliphatic heterocycles. The maximum Gasteiger partial charge on any atom is 0.270 e. The maximum atomic E-state index is 13.0. The Morgan fingerprint density at radius 3 is 1.03 bits per heavy atom. The predicted octanol–water partition coefficient (Wildman–Crippen LogP) is 10.4. The summed E-state index contributed by atoms with van der Waals surface area (Å²) in [7, 11) is 6.94. The first kappa shape index (κ1) is 83.0. The molecule has 4 aliphatic rings. The summed E-state index contributed by atoms with van der Waals surface area (Å²) in [5.74, 6) is 3.37. The summed E-state index contributed by atoms with van der Waals surface area (Å²) >= 11 is 17.7. The Kier molecular flexibility index (Phi) is 27.5. The lowest BCUT2D eigenvalue weighted by Gasteiger charge is -2.39. The highest BCUT2D eigenvalue weighted by Gasteiger charge is 2.35. The average molecular weight is 1570 g/mol. The molecule has 26 nitrogen and oxygen atoms in total. The van der Waals surface area contributed by atoms with Gasteiger partial charge in [0.15, 0.2) is 5.69 Å².